The van der Waals surface area contributed by atoms with Gasteiger partial charge in [0.2, 0.25) is 0 Å². The molecule has 5 nitrogen and oxygen atoms in total. The van der Waals surface area contributed by atoms with Gasteiger partial charge in [0, 0.05) is 0 Å². The molecule has 2 N–H and O–H groups in total. The molecule has 1 heterocycles. The third-order valence-electron chi connectivity index (χ3n) is 2.30. The minimum Gasteiger partial charge on any atom is -0.494 e. The SMILES string of the molecule is COc1ccc(C)cc1-n1cnc(CN)n1. The van der Waals surface area contributed by atoms with E-state index in [4.69, 9.17) is 10.5 Å². The number of hydrogen-bond donors (Lipinski definition) is 1. The predicted octanol–water partition coefficient (Wildman–Crippen LogP) is 1.04. The molecule has 0 saturated carbocycles. The average Bonchev–Trinajstić information content (AvgIpc) is 2.77. The van der Waals surface area contributed by atoms with Gasteiger partial charge in [-0.2, -0.15) is 0 Å². The number of ether oxygens (including phenoxy) is 1. The number of aromatic nitrogens is 3. The van der Waals surface area contributed by atoms with Gasteiger partial charge in [-0.3, -0.25) is 0 Å². The van der Waals surface area contributed by atoms with E-state index < -0.39 is 0 Å². The Hall–Kier alpha value is -1.88. The van der Waals surface area contributed by atoms with Crippen LogP contribution in [0.5, 0.6) is 5.75 Å². The smallest absolute Gasteiger partial charge is 0.164 e. The van der Waals surface area contributed by atoms with Crippen LogP contribution in [-0.2, 0) is 6.54 Å². The predicted molar refractivity (Wildman–Crippen MR) is 60.5 cm³/mol. The van der Waals surface area contributed by atoms with Crippen molar-refractivity contribution in [2.75, 3.05) is 7.11 Å². The fraction of sp³-hybridized carbons (Fsp3) is 0.273. The van der Waals surface area contributed by atoms with Crippen molar-refractivity contribution in [3.05, 3.63) is 35.9 Å². The molecule has 1 aromatic carbocycles. The Bertz CT molecular complexity index is 492. The van der Waals surface area contributed by atoms with Gasteiger partial charge < -0.3 is 10.5 Å². The first-order valence-electron chi connectivity index (χ1n) is 5.00. The Labute approximate surface area is 93.9 Å². The first-order chi connectivity index (χ1) is 7.74. The minimum atomic E-state index is 0.334. The van der Waals surface area contributed by atoms with Crippen molar-refractivity contribution in [3.63, 3.8) is 0 Å². The summed E-state index contributed by atoms with van der Waals surface area (Å²) in [6, 6.07) is 5.89. The van der Waals surface area contributed by atoms with Gasteiger partial charge >= 0.3 is 0 Å². The highest BCUT2D eigenvalue weighted by Gasteiger charge is 2.07. The lowest BCUT2D eigenvalue weighted by molar-refractivity contribution is 0.411. The molecule has 0 aliphatic carbocycles. The van der Waals surface area contributed by atoms with Crippen LogP contribution in [-0.4, -0.2) is 21.9 Å². The molecule has 0 unspecified atom stereocenters. The van der Waals surface area contributed by atoms with Gasteiger partial charge in [-0.15, -0.1) is 5.10 Å². The van der Waals surface area contributed by atoms with Crippen LogP contribution in [0.1, 0.15) is 11.4 Å². The molecule has 84 valence electrons. The summed E-state index contributed by atoms with van der Waals surface area (Å²) < 4.78 is 6.95. The Morgan fingerprint density at radius 3 is 2.88 bits per heavy atom. The normalized spacial score (nSPS) is 10.4. The lowest BCUT2D eigenvalue weighted by Gasteiger charge is -2.08. The summed E-state index contributed by atoms with van der Waals surface area (Å²) in [5.74, 6) is 1.38. The van der Waals surface area contributed by atoms with E-state index in [0.29, 0.717) is 12.4 Å². The van der Waals surface area contributed by atoms with Crippen molar-refractivity contribution >= 4 is 0 Å². The summed E-state index contributed by atoms with van der Waals surface area (Å²) in [6.45, 7) is 2.35. The highest BCUT2D eigenvalue weighted by Crippen LogP contribution is 2.22. The van der Waals surface area contributed by atoms with Crippen LogP contribution in [0.25, 0.3) is 5.69 Å². The molecular formula is C11H14N4O. The van der Waals surface area contributed by atoms with E-state index in [2.05, 4.69) is 10.1 Å². The third kappa shape index (κ3) is 1.90. The van der Waals surface area contributed by atoms with Crippen LogP contribution >= 0.6 is 0 Å². The molecule has 2 aromatic rings. The first kappa shape index (κ1) is 10.6. The van der Waals surface area contributed by atoms with Gasteiger partial charge in [0.25, 0.3) is 0 Å². The van der Waals surface area contributed by atoms with Gasteiger partial charge in [-0.05, 0) is 24.6 Å². The van der Waals surface area contributed by atoms with Gasteiger partial charge in [-0.25, -0.2) is 9.67 Å². The van der Waals surface area contributed by atoms with E-state index >= 15 is 0 Å². The van der Waals surface area contributed by atoms with Crippen molar-refractivity contribution in [3.8, 4) is 11.4 Å². The highest BCUT2D eigenvalue weighted by atomic mass is 16.5. The van der Waals surface area contributed by atoms with E-state index in [9.17, 15) is 0 Å². The summed E-state index contributed by atoms with van der Waals surface area (Å²) in [7, 11) is 1.63. The van der Waals surface area contributed by atoms with E-state index in [1.54, 1.807) is 18.1 Å². The second kappa shape index (κ2) is 4.32. The lowest BCUT2D eigenvalue weighted by Crippen LogP contribution is -2.02. The maximum absolute atomic E-state index is 5.47. The van der Waals surface area contributed by atoms with Crippen LogP contribution in [0.4, 0.5) is 0 Å². The molecule has 5 heteroatoms. The van der Waals surface area contributed by atoms with Crippen LogP contribution in [0.15, 0.2) is 24.5 Å². The molecule has 0 radical (unpaired) electrons. The monoisotopic (exact) mass is 218 g/mol. The molecule has 0 amide bonds. The molecule has 2 rings (SSSR count). The number of rotatable bonds is 3. The molecule has 0 spiro atoms. The minimum absolute atomic E-state index is 0.334. The van der Waals surface area contributed by atoms with E-state index in [-0.39, 0.29) is 0 Å². The maximum atomic E-state index is 5.47. The Morgan fingerprint density at radius 2 is 2.25 bits per heavy atom. The lowest BCUT2D eigenvalue weighted by atomic mass is 10.2. The summed E-state index contributed by atoms with van der Waals surface area (Å²) >= 11 is 0. The summed E-state index contributed by atoms with van der Waals surface area (Å²) in [5.41, 5.74) is 7.48. The molecule has 0 bridgehead atoms. The van der Waals surface area contributed by atoms with Gasteiger partial charge in [0.1, 0.15) is 17.8 Å². The van der Waals surface area contributed by atoms with Crippen LogP contribution in [0, 0.1) is 6.92 Å². The average molecular weight is 218 g/mol. The molecule has 16 heavy (non-hydrogen) atoms. The van der Waals surface area contributed by atoms with Crippen molar-refractivity contribution in [2.24, 2.45) is 5.73 Å². The fourth-order valence-corrected chi connectivity index (χ4v) is 1.49. The van der Waals surface area contributed by atoms with Crippen molar-refractivity contribution in [1.82, 2.24) is 14.8 Å². The maximum Gasteiger partial charge on any atom is 0.164 e. The van der Waals surface area contributed by atoms with Gasteiger partial charge in [0.05, 0.1) is 13.7 Å². The quantitative estimate of drug-likeness (QED) is 0.836. The molecule has 0 fully saturated rings. The molecule has 0 aliphatic rings. The summed E-state index contributed by atoms with van der Waals surface area (Å²) in [5, 5.41) is 4.25. The third-order valence-corrected chi connectivity index (χ3v) is 2.30. The highest BCUT2D eigenvalue weighted by molar-refractivity contribution is 5.48. The molecule has 0 atom stereocenters. The van der Waals surface area contributed by atoms with Crippen LogP contribution < -0.4 is 10.5 Å². The zero-order valence-corrected chi connectivity index (χ0v) is 9.34. The number of methoxy groups -OCH3 is 1. The zero-order chi connectivity index (χ0) is 11.5. The van der Waals surface area contributed by atoms with Gasteiger partial charge in [0.15, 0.2) is 5.82 Å². The number of benzene rings is 1. The zero-order valence-electron chi connectivity index (χ0n) is 9.34. The second-order valence-corrected chi connectivity index (χ2v) is 3.48. The molecule has 0 aliphatic heterocycles. The first-order valence-corrected chi connectivity index (χ1v) is 5.00. The van der Waals surface area contributed by atoms with Crippen LogP contribution in [0.2, 0.25) is 0 Å². The largest absolute Gasteiger partial charge is 0.494 e. The second-order valence-electron chi connectivity index (χ2n) is 3.48. The Balaban J connectivity index is 2.49. The molecule has 0 saturated heterocycles. The van der Waals surface area contributed by atoms with Crippen molar-refractivity contribution in [2.45, 2.75) is 13.5 Å². The topological polar surface area (TPSA) is 66.0 Å². The van der Waals surface area contributed by atoms with Crippen molar-refractivity contribution < 1.29 is 4.74 Å². The number of nitrogens with zero attached hydrogens (tertiary/aromatic N) is 3. The number of nitrogens with two attached hydrogens (primary N) is 1. The Morgan fingerprint density at radius 1 is 1.44 bits per heavy atom. The van der Waals surface area contributed by atoms with E-state index in [1.807, 2.05) is 25.1 Å². The molecule has 1 aromatic heterocycles. The fourth-order valence-electron chi connectivity index (χ4n) is 1.49. The standard InChI is InChI=1S/C11H14N4O/c1-8-3-4-10(16-2)9(5-8)15-7-13-11(6-12)14-15/h3-5,7H,6,12H2,1-2H3. The summed E-state index contributed by atoms with van der Waals surface area (Å²) in [6.07, 6.45) is 1.64. The van der Waals surface area contributed by atoms with Gasteiger partial charge in [-0.1, -0.05) is 6.07 Å². The van der Waals surface area contributed by atoms with Crippen molar-refractivity contribution in [1.29, 1.82) is 0 Å². The summed E-state index contributed by atoms with van der Waals surface area (Å²) in [4.78, 5) is 4.09. The number of hydrogen-bond acceptors (Lipinski definition) is 4. The van der Waals surface area contributed by atoms with Crippen LogP contribution in [0.3, 0.4) is 0 Å². The van der Waals surface area contributed by atoms with E-state index in [1.165, 1.54) is 0 Å². The Kier molecular flexibility index (Phi) is 2.87. The molecular weight excluding hydrogens is 204 g/mol. The van der Waals surface area contributed by atoms with E-state index in [0.717, 1.165) is 17.0 Å². The number of aryl methyl sites for hydroxylation is 1.